The highest BCUT2D eigenvalue weighted by Crippen LogP contribution is 1.96. The van der Waals surface area contributed by atoms with Crippen LogP contribution in [0.5, 0.6) is 0 Å². The second-order valence-corrected chi connectivity index (χ2v) is 1.60. The highest BCUT2D eigenvalue weighted by molar-refractivity contribution is 4.90. The molecule has 0 aliphatic rings. The molecule has 0 saturated carbocycles. The molecule has 0 saturated heterocycles. The minimum absolute atomic E-state index is 0.481. The fourth-order valence-electron chi connectivity index (χ4n) is 0.532. The Hall–Kier alpha value is -1.30. The zero-order valence-corrected chi connectivity index (χ0v) is 4.87. The van der Waals surface area contributed by atoms with Crippen LogP contribution in [0.3, 0.4) is 0 Å². The zero-order chi connectivity index (χ0) is 6.53. The van der Waals surface area contributed by atoms with Crippen LogP contribution >= 0.6 is 0 Å². The van der Waals surface area contributed by atoms with Gasteiger partial charge in [0.05, 0.1) is 12.6 Å². The van der Waals surface area contributed by atoms with Crippen LogP contribution in [0.2, 0.25) is 0 Å². The lowest BCUT2D eigenvalue weighted by atomic mass is 10.4. The van der Waals surface area contributed by atoms with E-state index >= 15 is 0 Å². The minimum Gasteiger partial charge on any atom is -0.448 e. The highest BCUT2D eigenvalue weighted by atomic mass is 16.3. The first kappa shape index (κ1) is 5.83. The Balaban J connectivity index is 2.41. The van der Waals surface area contributed by atoms with Gasteiger partial charge in [0.25, 0.3) is 0 Å². The van der Waals surface area contributed by atoms with Crippen molar-refractivity contribution >= 4 is 0 Å². The van der Waals surface area contributed by atoms with E-state index in [4.69, 9.17) is 11.0 Å². The van der Waals surface area contributed by atoms with E-state index in [2.05, 4.69) is 9.83 Å². The topological polar surface area (TPSA) is 30.4 Å². The molecule has 1 rings (SSSR count). The number of hydrogen-bond acceptors (Lipinski definition) is 2. The molecule has 0 aromatic carbocycles. The first-order valence-electron chi connectivity index (χ1n) is 2.64. The lowest BCUT2D eigenvalue weighted by Gasteiger charge is -1.81. The molecule has 0 radical (unpaired) electrons. The van der Waals surface area contributed by atoms with E-state index in [1.54, 1.807) is 6.20 Å². The lowest BCUT2D eigenvalue weighted by Crippen LogP contribution is -1.82. The van der Waals surface area contributed by atoms with Crippen LogP contribution < -0.4 is 0 Å². The summed E-state index contributed by atoms with van der Waals surface area (Å²) < 4.78 is 4.88. The summed E-state index contributed by atoms with van der Waals surface area (Å²) in [5, 5.41) is 0. The van der Waals surface area contributed by atoms with Crippen molar-refractivity contribution in [2.45, 2.75) is 6.42 Å². The molecule has 0 aliphatic heterocycles. The maximum Gasteiger partial charge on any atom is 0.221 e. The van der Waals surface area contributed by atoms with E-state index in [1.807, 2.05) is 0 Å². The second-order valence-electron chi connectivity index (χ2n) is 1.60. The number of oxazole rings is 1. The van der Waals surface area contributed by atoms with Crippen LogP contribution in [0.25, 0.3) is 4.85 Å². The Morgan fingerprint density at radius 2 is 2.67 bits per heavy atom. The normalized spacial score (nSPS) is 8.78. The average molecular weight is 122 g/mol. The fourth-order valence-corrected chi connectivity index (χ4v) is 0.532. The molecule has 0 fully saturated rings. The number of nitrogens with zero attached hydrogens (tertiary/aromatic N) is 2. The fraction of sp³-hybridized carbons (Fsp3) is 0.333. The summed E-state index contributed by atoms with van der Waals surface area (Å²) in [5.41, 5.74) is 0. The molecule has 1 aromatic heterocycles. The molecule has 1 heterocycles. The van der Waals surface area contributed by atoms with Crippen LogP contribution in [0.1, 0.15) is 5.76 Å². The van der Waals surface area contributed by atoms with Crippen molar-refractivity contribution in [3.05, 3.63) is 29.8 Å². The highest BCUT2D eigenvalue weighted by Gasteiger charge is 1.95. The number of hydrogen-bond donors (Lipinski definition) is 0. The van der Waals surface area contributed by atoms with Crippen LogP contribution in [-0.4, -0.2) is 11.5 Å². The third-order valence-electron chi connectivity index (χ3n) is 0.953. The molecule has 0 amide bonds. The Morgan fingerprint density at radius 3 is 3.22 bits per heavy atom. The van der Waals surface area contributed by atoms with Gasteiger partial charge in [-0.15, -0.1) is 0 Å². The first-order chi connectivity index (χ1) is 4.43. The molecular weight excluding hydrogens is 116 g/mol. The molecule has 46 valence electrons. The van der Waals surface area contributed by atoms with Crippen molar-refractivity contribution in [3.63, 3.8) is 0 Å². The largest absolute Gasteiger partial charge is 0.448 e. The predicted molar refractivity (Wildman–Crippen MR) is 31.7 cm³/mol. The van der Waals surface area contributed by atoms with Crippen LogP contribution in [-0.2, 0) is 6.42 Å². The molecule has 0 atom stereocenters. The molecule has 0 unspecified atom stereocenters. The number of rotatable bonds is 2. The SMILES string of the molecule is [C-]#[N+]CCc1cnco1. The van der Waals surface area contributed by atoms with Gasteiger partial charge in [-0.25, -0.2) is 11.6 Å². The Labute approximate surface area is 53.1 Å². The van der Waals surface area contributed by atoms with E-state index in [9.17, 15) is 0 Å². The molecule has 3 nitrogen and oxygen atoms in total. The van der Waals surface area contributed by atoms with Crippen LogP contribution in [0.15, 0.2) is 17.0 Å². The van der Waals surface area contributed by atoms with Crippen molar-refractivity contribution < 1.29 is 4.42 Å². The summed E-state index contributed by atoms with van der Waals surface area (Å²) in [6.07, 6.45) is 3.67. The first-order valence-corrected chi connectivity index (χ1v) is 2.64. The summed E-state index contributed by atoms with van der Waals surface area (Å²) in [6.45, 7) is 6.95. The molecule has 0 bridgehead atoms. The standard InChI is InChI=1S/C6H6N2O/c1-7-3-2-6-4-8-5-9-6/h4-5H,2-3H2. The molecule has 1 aromatic rings. The maximum absolute atomic E-state index is 6.47. The smallest absolute Gasteiger partial charge is 0.221 e. The maximum atomic E-state index is 6.47. The van der Waals surface area contributed by atoms with Gasteiger partial charge in [-0.05, 0) is 0 Å². The Bertz CT molecular complexity index is 197. The third kappa shape index (κ3) is 1.57. The van der Waals surface area contributed by atoms with Crippen molar-refractivity contribution in [1.82, 2.24) is 4.98 Å². The summed E-state index contributed by atoms with van der Waals surface area (Å²) in [6, 6.07) is 0. The van der Waals surface area contributed by atoms with E-state index in [0.29, 0.717) is 13.0 Å². The van der Waals surface area contributed by atoms with Gasteiger partial charge in [-0.2, -0.15) is 0 Å². The summed E-state index contributed by atoms with van der Waals surface area (Å²) in [4.78, 5) is 6.88. The monoisotopic (exact) mass is 122 g/mol. The van der Waals surface area contributed by atoms with Gasteiger partial charge < -0.3 is 9.26 Å². The third-order valence-corrected chi connectivity index (χ3v) is 0.953. The molecule has 9 heavy (non-hydrogen) atoms. The Kier molecular flexibility index (Phi) is 1.86. The summed E-state index contributed by atoms with van der Waals surface area (Å²) in [5.74, 6) is 0.783. The van der Waals surface area contributed by atoms with Gasteiger partial charge in [0, 0.05) is 0 Å². The van der Waals surface area contributed by atoms with Crippen LogP contribution in [0, 0.1) is 6.57 Å². The molecule has 0 aliphatic carbocycles. The minimum atomic E-state index is 0.481. The van der Waals surface area contributed by atoms with Gasteiger partial charge in [0.15, 0.2) is 6.39 Å². The van der Waals surface area contributed by atoms with Crippen molar-refractivity contribution in [2.24, 2.45) is 0 Å². The molecule has 0 N–H and O–H groups in total. The molecule has 3 heteroatoms. The summed E-state index contributed by atoms with van der Waals surface area (Å²) >= 11 is 0. The van der Waals surface area contributed by atoms with Gasteiger partial charge in [-0.3, -0.25) is 0 Å². The van der Waals surface area contributed by atoms with Gasteiger partial charge in [0.1, 0.15) is 5.76 Å². The molecule has 0 spiro atoms. The van der Waals surface area contributed by atoms with Gasteiger partial charge >= 0.3 is 0 Å². The van der Waals surface area contributed by atoms with E-state index in [1.165, 1.54) is 6.39 Å². The lowest BCUT2D eigenvalue weighted by molar-refractivity contribution is 0.508. The number of aromatic nitrogens is 1. The van der Waals surface area contributed by atoms with E-state index in [0.717, 1.165) is 5.76 Å². The summed E-state index contributed by atoms with van der Waals surface area (Å²) in [7, 11) is 0. The van der Waals surface area contributed by atoms with Crippen LogP contribution in [0.4, 0.5) is 0 Å². The quantitative estimate of drug-likeness (QED) is 0.550. The van der Waals surface area contributed by atoms with Gasteiger partial charge in [0.2, 0.25) is 6.54 Å². The van der Waals surface area contributed by atoms with E-state index in [-0.39, 0.29) is 0 Å². The average Bonchev–Trinajstić information content (AvgIpc) is 2.34. The predicted octanol–water partition coefficient (Wildman–Crippen LogP) is 1.14. The second kappa shape index (κ2) is 2.88. The zero-order valence-electron chi connectivity index (χ0n) is 4.87. The van der Waals surface area contributed by atoms with Crippen molar-refractivity contribution in [2.75, 3.05) is 6.54 Å². The Morgan fingerprint density at radius 1 is 1.78 bits per heavy atom. The van der Waals surface area contributed by atoms with Gasteiger partial charge in [-0.1, -0.05) is 0 Å². The molecular formula is C6H6N2O. The van der Waals surface area contributed by atoms with E-state index < -0.39 is 0 Å². The van der Waals surface area contributed by atoms with Crippen molar-refractivity contribution in [3.8, 4) is 0 Å². The van der Waals surface area contributed by atoms with Crippen molar-refractivity contribution in [1.29, 1.82) is 0 Å².